The standard InChI is InChI=1S/C20H14BrN3/c1-13-20-9-16(15-4-2-14(10-22)3-5-15)11-24(20)12-17-8-18(21)6-7-19(17)23-13/h2-9,11H,12H2,1H3. The molecular weight excluding hydrogens is 362 g/mol. The number of nitrogens with zero attached hydrogens (tertiary/aromatic N) is 3. The molecule has 4 heteroatoms. The van der Waals surface area contributed by atoms with Gasteiger partial charge in [0.25, 0.3) is 0 Å². The molecule has 0 atom stereocenters. The van der Waals surface area contributed by atoms with Gasteiger partial charge in [0.1, 0.15) is 0 Å². The first kappa shape index (κ1) is 14.9. The summed E-state index contributed by atoms with van der Waals surface area (Å²) in [5.41, 5.74) is 7.29. The molecule has 116 valence electrons. The Labute approximate surface area is 149 Å². The molecule has 3 aromatic rings. The van der Waals surface area contributed by atoms with Gasteiger partial charge in [-0.25, -0.2) is 0 Å². The van der Waals surface area contributed by atoms with Crippen LogP contribution in [0, 0.1) is 11.3 Å². The Balaban J connectivity index is 1.79. The monoisotopic (exact) mass is 375 g/mol. The van der Waals surface area contributed by atoms with E-state index < -0.39 is 0 Å². The molecule has 0 amide bonds. The molecule has 4 rings (SSSR count). The molecule has 0 bridgehead atoms. The van der Waals surface area contributed by atoms with Gasteiger partial charge in [-0.2, -0.15) is 5.26 Å². The second kappa shape index (κ2) is 5.77. The van der Waals surface area contributed by atoms with E-state index in [0.29, 0.717) is 5.56 Å². The van der Waals surface area contributed by atoms with E-state index in [0.717, 1.165) is 39.2 Å². The van der Waals surface area contributed by atoms with E-state index in [-0.39, 0.29) is 0 Å². The number of aromatic nitrogens is 1. The van der Waals surface area contributed by atoms with Crippen LogP contribution >= 0.6 is 15.9 Å². The highest BCUT2D eigenvalue weighted by molar-refractivity contribution is 9.10. The molecule has 1 aliphatic rings. The van der Waals surface area contributed by atoms with Crippen LogP contribution in [0.3, 0.4) is 0 Å². The normalized spacial score (nSPS) is 12.6. The Morgan fingerprint density at radius 2 is 1.88 bits per heavy atom. The number of nitriles is 1. The maximum atomic E-state index is 8.94. The van der Waals surface area contributed by atoms with Crippen molar-refractivity contribution in [2.24, 2.45) is 4.99 Å². The van der Waals surface area contributed by atoms with Crippen LogP contribution < -0.4 is 0 Å². The van der Waals surface area contributed by atoms with Crippen molar-refractivity contribution in [3.63, 3.8) is 0 Å². The number of fused-ring (bicyclic) bond motifs is 2. The number of hydrogen-bond donors (Lipinski definition) is 0. The first-order valence-corrected chi connectivity index (χ1v) is 8.48. The van der Waals surface area contributed by atoms with Crippen LogP contribution in [0.4, 0.5) is 5.69 Å². The van der Waals surface area contributed by atoms with E-state index >= 15 is 0 Å². The summed E-state index contributed by atoms with van der Waals surface area (Å²) in [5, 5.41) is 8.94. The van der Waals surface area contributed by atoms with E-state index in [4.69, 9.17) is 10.3 Å². The summed E-state index contributed by atoms with van der Waals surface area (Å²) >= 11 is 3.54. The third-order valence-corrected chi connectivity index (χ3v) is 4.78. The molecule has 0 fully saturated rings. The summed E-state index contributed by atoms with van der Waals surface area (Å²) in [6.45, 7) is 2.84. The van der Waals surface area contributed by atoms with E-state index in [1.165, 1.54) is 5.56 Å². The highest BCUT2D eigenvalue weighted by Gasteiger charge is 2.16. The first-order valence-electron chi connectivity index (χ1n) is 7.69. The van der Waals surface area contributed by atoms with Crippen molar-refractivity contribution >= 4 is 27.3 Å². The zero-order valence-electron chi connectivity index (χ0n) is 13.1. The molecule has 0 aliphatic carbocycles. The molecule has 0 unspecified atom stereocenters. The number of hydrogen-bond acceptors (Lipinski definition) is 2. The SMILES string of the molecule is CC1=Nc2ccc(Br)cc2Cn2cc(-c3ccc(C#N)cc3)cc21. The fourth-order valence-electron chi connectivity index (χ4n) is 3.05. The van der Waals surface area contributed by atoms with Crippen molar-refractivity contribution in [1.29, 1.82) is 5.26 Å². The summed E-state index contributed by atoms with van der Waals surface area (Å²) in [6, 6.07) is 18.2. The van der Waals surface area contributed by atoms with Gasteiger partial charge < -0.3 is 4.57 Å². The molecule has 1 aliphatic heterocycles. The Morgan fingerprint density at radius 1 is 1.08 bits per heavy atom. The topological polar surface area (TPSA) is 41.1 Å². The second-order valence-electron chi connectivity index (χ2n) is 5.90. The molecule has 0 spiro atoms. The number of rotatable bonds is 1. The first-order chi connectivity index (χ1) is 11.6. The number of benzene rings is 2. The van der Waals surface area contributed by atoms with Gasteiger partial charge in [-0.15, -0.1) is 0 Å². The number of aliphatic imine (C=N–C) groups is 1. The zero-order chi connectivity index (χ0) is 16.7. The molecule has 0 radical (unpaired) electrons. The molecular formula is C20H14BrN3. The van der Waals surface area contributed by atoms with Crippen LogP contribution in [0.1, 0.15) is 23.7 Å². The molecule has 24 heavy (non-hydrogen) atoms. The molecule has 0 saturated heterocycles. The van der Waals surface area contributed by atoms with Crippen molar-refractivity contribution in [3.8, 4) is 17.2 Å². The van der Waals surface area contributed by atoms with Crippen molar-refractivity contribution in [3.05, 3.63) is 76.0 Å². The van der Waals surface area contributed by atoms with Gasteiger partial charge in [0.15, 0.2) is 0 Å². The Hall–Kier alpha value is -2.64. The quantitative estimate of drug-likeness (QED) is 0.569. The summed E-state index contributed by atoms with van der Waals surface area (Å²) in [5.74, 6) is 0. The molecule has 1 aromatic heterocycles. The molecule has 0 N–H and O–H groups in total. The predicted octanol–water partition coefficient (Wildman–Crippen LogP) is 5.29. The van der Waals surface area contributed by atoms with Crippen molar-refractivity contribution < 1.29 is 0 Å². The minimum Gasteiger partial charge on any atom is -0.341 e. The molecule has 0 saturated carbocycles. The van der Waals surface area contributed by atoms with Crippen LogP contribution in [0.5, 0.6) is 0 Å². The molecule has 3 nitrogen and oxygen atoms in total. The predicted molar refractivity (Wildman–Crippen MR) is 99.7 cm³/mol. The minimum absolute atomic E-state index is 0.677. The van der Waals surface area contributed by atoms with Gasteiger partial charge in [0.2, 0.25) is 0 Å². The zero-order valence-corrected chi connectivity index (χ0v) is 14.7. The van der Waals surface area contributed by atoms with Gasteiger partial charge in [-0.1, -0.05) is 28.1 Å². The van der Waals surface area contributed by atoms with Gasteiger partial charge >= 0.3 is 0 Å². The average molecular weight is 376 g/mol. The smallest absolute Gasteiger partial charge is 0.0991 e. The Kier molecular flexibility index (Phi) is 3.59. The van der Waals surface area contributed by atoms with E-state index in [1.807, 2.05) is 37.3 Å². The van der Waals surface area contributed by atoms with Crippen molar-refractivity contribution in [2.75, 3.05) is 0 Å². The third-order valence-electron chi connectivity index (χ3n) is 4.28. The van der Waals surface area contributed by atoms with Crippen LogP contribution in [0.25, 0.3) is 11.1 Å². The largest absolute Gasteiger partial charge is 0.341 e. The lowest BCUT2D eigenvalue weighted by Crippen LogP contribution is -2.04. The summed E-state index contributed by atoms with van der Waals surface area (Å²) in [6.07, 6.45) is 2.16. The summed E-state index contributed by atoms with van der Waals surface area (Å²) < 4.78 is 3.31. The van der Waals surface area contributed by atoms with E-state index in [9.17, 15) is 0 Å². The average Bonchev–Trinajstić information content (AvgIpc) is 2.96. The maximum absolute atomic E-state index is 8.94. The lowest BCUT2D eigenvalue weighted by Gasteiger charge is -2.06. The summed E-state index contributed by atoms with van der Waals surface area (Å²) in [4.78, 5) is 4.79. The maximum Gasteiger partial charge on any atom is 0.0991 e. The van der Waals surface area contributed by atoms with Crippen LogP contribution in [-0.4, -0.2) is 10.3 Å². The van der Waals surface area contributed by atoms with Crippen LogP contribution in [-0.2, 0) is 6.54 Å². The fraction of sp³-hybridized carbons (Fsp3) is 0.100. The molecule has 2 aromatic carbocycles. The fourth-order valence-corrected chi connectivity index (χ4v) is 3.46. The van der Waals surface area contributed by atoms with Crippen LogP contribution in [0.2, 0.25) is 0 Å². The Morgan fingerprint density at radius 3 is 2.62 bits per heavy atom. The molecule has 2 heterocycles. The highest BCUT2D eigenvalue weighted by atomic mass is 79.9. The van der Waals surface area contributed by atoms with Gasteiger partial charge in [-0.05, 0) is 54.4 Å². The van der Waals surface area contributed by atoms with Crippen LogP contribution in [0.15, 0.2) is 64.2 Å². The van der Waals surface area contributed by atoms with Gasteiger partial charge in [0, 0.05) is 22.8 Å². The minimum atomic E-state index is 0.677. The van der Waals surface area contributed by atoms with Gasteiger partial charge in [-0.3, -0.25) is 4.99 Å². The van der Waals surface area contributed by atoms with Crippen molar-refractivity contribution in [2.45, 2.75) is 13.5 Å². The second-order valence-corrected chi connectivity index (χ2v) is 6.82. The highest BCUT2D eigenvalue weighted by Crippen LogP contribution is 2.31. The lowest BCUT2D eigenvalue weighted by molar-refractivity contribution is 0.804. The van der Waals surface area contributed by atoms with Gasteiger partial charge in [0.05, 0.1) is 28.7 Å². The Bertz CT molecular complexity index is 1000. The number of halogens is 1. The lowest BCUT2D eigenvalue weighted by atomic mass is 10.1. The third kappa shape index (κ3) is 2.57. The van der Waals surface area contributed by atoms with E-state index in [1.54, 1.807) is 0 Å². The van der Waals surface area contributed by atoms with Crippen molar-refractivity contribution in [1.82, 2.24) is 4.57 Å². The van der Waals surface area contributed by atoms with E-state index in [2.05, 4.69) is 51.0 Å². The summed E-state index contributed by atoms with van der Waals surface area (Å²) in [7, 11) is 0.